The number of aryl methyl sites for hydroxylation is 1. The number of halogens is 1. The summed E-state index contributed by atoms with van der Waals surface area (Å²) in [5.41, 5.74) is 0.929. The topological polar surface area (TPSA) is 98.8 Å². The zero-order valence-electron chi connectivity index (χ0n) is 13.5. The fraction of sp³-hybridized carbons (Fsp3) is 0.250. The highest BCUT2D eigenvalue weighted by Crippen LogP contribution is 2.24. The molecule has 3 aromatic rings. The van der Waals surface area contributed by atoms with Crippen molar-refractivity contribution in [2.45, 2.75) is 24.9 Å². The highest BCUT2D eigenvalue weighted by atomic mass is 32.2. The minimum atomic E-state index is -3.61. The Morgan fingerprint density at radius 2 is 1.88 bits per heavy atom. The Labute approximate surface area is 143 Å². The molecular formula is C16H15FN4O3S. The van der Waals surface area contributed by atoms with E-state index in [2.05, 4.69) is 20.2 Å². The molecule has 0 N–H and O–H groups in total. The molecule has 2 heterocycles. The molecule has 0 fully saturated rings. The van der Waals surface area contributed by atoms with Crippen molar-refractivity contribution in [3.8, 4) is 11.4 Å². The number of aromatic nitrogens is 4. The van der Waals surface area contributed by atoms with Crippen LogP contribution in [0.3, 0.4) is 0 Å². The Balaban J connectivity index is 1.85. The number of benzene rings is 1. The third kappa shape index (κ3) is 3.87. The second-order valence-electron chi connectivity index (χ2n) is 5.49. The van der Waals surface area contributed by atoms with Gasteiger partial charge in [0.15, 0.2) is 15.7 Å². The zero-order valence-corrected chi connectivity index (χ0v) is 14.4. The van der Waals surface area contributed by atoms with Gasteiger partial charge in [-0.05, 0) is 37.3 Å². The Hall–Kier alpha value is -2.68. The molecule has 1 unspecified atom stereocenters. The van der Waals surface area contributed by atoms with E-state index in [9.17, 15) is 12.8 Å². The first-order valence-electron chi connectivity index (χ1n) is 7.44. The van der Waals surface area contributed by atoms with Gasteiger partial charge in [-0.15, -0.1) is 10.2 Å². The molecule has 0 aliphatic rings. The Morgan fingerprint density at radius 1 is 1.16 bits per heavy atom. The van der Waals surface area contributed by atoms with Crippen molar-refractivity contribution in [2.24, 2.45) is 0 Å². The maximum Gasteiger partial charge on any atom is 0.234 e. The predicted molar refractivity (Wildman–Crippen MR) is 87.5 cm³/mol. The molecule has 0 bridgehead atoms. The molecule has 0 aliphatic carbocycles. The van der Waals surface area contributed by atoms with Crippen LogP contribution < -0.4 is 0 Å². The lowest BCUT2D eigenvalue weighted by molar-refractivity contribution is 0.461. The summed E-state index contributed by atoms with van der Waals surface area (Å²) in [6, 6.07) is 7.18. The van der Waals surface area contributed by atoms with E-state index in [-0.39, 0.29) is 17.5 Å². The average molecular weight is 362 g/mol. The second-order valence-corrected chi connectivity index (χ2v) is 7.81. The zero-order chi connectivity index (χ0) is 18.0. The van der Waals surface area contributed by atoms with E-state index in [0.717, 1.165) is 0 Å². The van der Waals surface area contributed by atoms with Crippen molar-refractivity contribution in [1.82, 2.24) is 20.2 Å². The largest absolute Gasteiger partial charge is 0.424 e. The first-order valence-corrected chi connectivity index (χ1v) is 9.16. The van der Waals surface area contributed by atoms with E-state index < -0.39 is 15.1 Å². The molecule has 1 aromatic carbocycles. The molecule has 0 spiro atoms. The molecule has 0 saturated heterocycles. The van der Waals surface area contributed by atoms with Crippen LogP contribution in [-0.4, -0.2) is 28.6 Å². The predicted octanol–water partition coefficient (Wildman–Crippen LogP) is 2.65. The Morgan fingerprint density at radius 3 is 2.52 bits per heavy atom. The van der Waals surface area contributed by atoms with Crippen LogP contribution in [0, 0.1) is 12.7 Å². The molecule has 0 saturated carbocycles. The average Bonchev–Trinajstić information content (AvgIpc) is 3.01. The molecule has 25 heavy (non-hydrogen) atoms. The molecule has 9 heteroatoms. The summed E-state index contributed by atoms with van der Waals surface area (Å²) in [7, 11) is -3.61. The molecule has 0 aliphatic heterocycles. The van der Waals surface area contributed by atoms with Crippen LogP contribution in [0.5, 0.6) is 0 Å². The maximum absolute atomic E-state index is 13.0. The summed E-state index contributed by atoms with van der Waals surface area (Å²) in [6.07, 6.45) is 1.47. The summed E-state index contributed by atoms with van der Waals surface area (Å²) in [6.45, 7) is 3.08. The van der Waals surface area contributed by atoms with Crippen LogP contribution in [-0.2, 0) is 15.6 Å². The molecule has 7 nitrogen and oxygen atoms in total. The summed E-state index contributed by atoms with van der Waals surface area (Å²) >= 11 is 0. The Bertz CT molecular complexity index is 987. The van der Waals surface area contributed by atoms with E-state index in [4.69, 9.17) is 4.42 Å². The fourth-order valence-electron chi connectivity index (χ4n) is 2.18. The van der Waals surface area contributed by atoms with Gasteiger partial charge >= 0.3 is 0 Å². The van der Waals surface area contributed by atoms with Crippen molar-refractivity contribution in [2.75, 3.05) is 0 Å². The lowest BCUT2D eigenvalue weighted by Gasteiger charge is -2.09. The third-order valence-electron chi connectivity index (χ3n) is 3.59. The number of sulfone groups is 1. The lowest BCUT2D eigenvalue weighted by atomic mass is 10.2. The normalized spacial score (nSPS) is 12.9. The van der Waals surface area contributed by atoms with Gasteiger partial charge in [0.05, 0.1) is 11.4 Å². The number of hydrogen-bond donors (Lipinski definition) is 0. The smallest absolute Gasteiger partial charge is 0.234 e. The van der Waals surface area contributed by atoms with Crippen LogP contribution in [0.2, 0.25) is 0 Å². The summed E-state index contributed by atoms with van der Waals surface area (Å²) in [4.78, 5) is 8.37. The number of rotatable bonds is 5. The summed E-state index contributed by atoms with van der Waals surface area (Å²) in [5, 5.41) is 6.47. The standard InChI is InChI=1S/C16H15FN4O3S/c1-10(16-21-20-11(2)24-16)25(22,23)9-14-7-8-18-15(19-14)12-3-5-13(17)6-4-12/h3-8,10H,9H2,1-2H3. The first kappa shape index (κ1) is 17.2. The molecule has 0 amide bonds. The van der Waals surface area contributed by atoms with Gasteiger partial charge in [0.2, 0.25) is 11.8 Å². The van der Waals surface area contributed by atoms with Crippen LogP contribution >= 0.6 is 0 Å². The van der Waals surface area contributed by atoms with Gasteiger partial charge in [-0.3, -0.25) is 0 Å². The number of hydrogen-bond acceptors (Lipinski definition) is 7. The van der Waals surface area contributed by atoms with E-state index >= 15 is 0 Å². The van der Waals surface area contributed by atoms with E-state index in [0.29, 0.717) is 23.0 Å². The van der Waals surface area contributed by atoms with Crippen LogP contribution in [0.1, 0.15) is 29.6 Å². The second kappa shape index (κ2) is 6.67. The van der Waals surface area contributed by atoms with Crippen molar-refractivity contribution in [1.29, 1.82) is 0 Å². The molecule has 3 rings (SSSR count). The molecule has 0 radical (unpaired) electrons. The minimum absolute atomic E-state index is 0.0466. The number of nitrogens with zero attached hydrogens (tertiary/aromatic N) is 4. The highest BCUT2D eigenvalue weighted by molar-refractivity contribution is 7.90. The van der Waals surface area contributed by atoms with Crippen LogP contribution in [0.25, 0.3) is 11.4 Å². The maximum atomic E-state index is 13.0. The van der Waals surface area contributed by atoms with Crippen molar-refractivity contribution in [3.05, 3.63) is 59.8 Å². The van der Waals surface area contributed by atoms with Crippen molar-refractivity contribution < 1.29 is 17.2 Å². The SMILES string of the molecule is Cc1nnc(C(C)S(=O)(=O)Cc2ccnc(-c3ccc(F)cc3)n2)o1. The lowest BCUT2D eigenvalue weighted by Crippen LogP contribution is -2.14. The molecule has 130 valence electrons. The van der Waals surface area contributed by atoms with E-state index in [1.807, 2.05) is 0 Å². The van der Waals surface area contributed by atoms with Gasteiger partial charge in [0.1, 0.15) is 11.1 Å². The quantitative estimate of drug-likeness (QED) is 0.688. The van der Waals surface area contributed by atoms with Crippen LogP contribution in [0.15, 0.2) is 40.9 Å². The monoisotopic (exact) mass is 362 g/mol. The first-order chi connectivity index (χ1) is 11.8. The van der Waals surface area contributed by atoms with Crippen LogP contribution in [0.4, 0.5) is 4.39 Å². The molecule has 1 atom stereocenters. The molecular weight excluding hydrogens is 347 g/mol. The van der Waals surface area contributed by atoms with Gasteiger partial charge in [0, 0.05) is 18.7 Å². The summed E-state index contributed by atoms with van der Waals surface area (Å²) in [5.74, 6) is 0.00917. The summed E-state index contributed by atoms with van der Waals surface area (Å²) < 4.78 is 43.3. The van der Waals surface area contributed by atoms with Gasteiger partial charge in [-0.1, -0.05) is 0 Å². The minimum Gasteiger partial charge on any atom is -0.424 e. The fourth-order valence-corrected chi connectivity index (χ4v) is 3.40. The van der Waals surface area contributed by atoms with Gasteiger partial charge < -0.3 is 4.42 Å². The van der Waals surface area contributed by atoms with Gasteiger partial charge in [-0.25, -0.2) is 22.8 Å². The van der Waals surface area contributed by atoms with Gasteiger partial charge in [0.25, 0.3) is 0 Å². The van der Waals surface area contributed by atoms with Gasteiger partial charge in [-0.2, -0.15) is 0 Å². The van der Waals surface area contributed by atoms with Crippen molar-refractivity contribution in [3.63, 3.8) is 0 Å². The van der Waals surface area contributed by atoms with E-state index in [1.165, 1.54) is 43.5 Å². The third-order valence-corrected chi connectivity index (χ3v) is 5.57. The highest BCUT2D eigenvalue weighted by Gasteiger charge is 2.28. The molecule has 2 aromatic heterocycles. The Kier molecular flexibility index (Phi) is 4.58. The van der Waals surface area contributed by atoms with Crippen molar-refractivity contribution >= 4 is 9.84 Å². The van der Waals surface area contributed by atoms with E-state index in [1.54, 1.807) is 6.92 Å².